The minimum absolute atomic E-state index is 0.0578. The molecule has 0 bridgehead atoms. The van der Waals surface area contributed by atoms with E-state index in [-0.39, 0.29) is 11.3 Å². The fourth-order valence-electron chi connectivity index (χ4n) is 1.40. The van der Waals surface area contributed by atoms with Gasteiger partial charge in [-0.05, 0) is 24.6 Å². The Morgan fingerprint density at radius 2 is 1.89 bits per heavy atom. The van der Waals surface area contributed by atoms with Crippen LogP contribution < -0.4 is 11.1 Å². The molecule has 1 amide bonds. The Bertz CT molecular complexity index is 516. The lowest BCUT2D eigenvalue weighted by atomic mass is 9.91. The number of benzene rings is 1. The van der Waals surface area contributed by atoms with Crippen LogP contribution in [0.3, 0.4) is 0 Å². The lowest BCUT2D eigenvalue weighted by molar-refractivity contribution is -0.177. The van der Waals surface area contributed by atoms with Crippen molar-refractivity contribution >= 4 is 17.6 Å². The second kappa shape index (κ2) is 4.79. The molecule has 0 spiro atoms. The van der Waals surface area contributed by atoms with Crippen molar-refractivity contribution in [1.82, 2.24) is 5.32 Å². The number of carbonyl (C=O) groups is 2. The fraction of sp³-hybridized carbons (Fsp3) is 0.273. The maximum absolute atomic E-state index is 12.2. The molecule has 0 aliphatic rings. The van der Waals surface area contributed by atoms with Crippen LogP contribution in [0.1, 0.15) is 12.5 Å². The van der Waals surface area contributed by atoms with Gasteiger partial charge in [0, 0.05) is 5.69 Å². The van der Waals surface area contributed by atoms with E-state index in [1.165, 1.54) is 29.6 Å². The van der Waals surface area contributed by atoms with Gasteiger partial charge in [-0.1, -0.05) is 12.1 Å². The van der Waals surface area contributed by atoms with Crippen LogP contribution in [-0.2, 0) is 15.1 Å². The third-order valence-corrected chi connectivity index (χ3v) is 2.51. The molecule has 1 aromatic rings. The van der Waals surface area contributed by atoms with Gasteiger partial charge in [0.15, 0.2) is 5.54 Å². The average molecular weight is 276 g/mol. The highest BCUT2D eigenvalue weighted by atomic mass is 19.4. The molecule has 1 unspecified atom stereocenters. The van der Waals surface area contributed by atoms with Crippen LogP contribution in [0.25, 0.3) is 0 Å². The van der Waals surface area contributed by atoms with Crippen LogP contribution in [0.5, 0.6) is 0 Å². The van der Waals surface area contributed by atoms with Crippen LogP contribution in [0.4, 0.5) is 18.9 Å². The third kappa shape index (κ3) is 3.15. The molecule has 0 fully saturated rings. The van der Waals surface area contributed by atoms with Gasteiger partial charge in [-0.15, -0.1) is 0 Å². The highest BCUT2D eigenvalue weighted by Gasteiger charge is 2.46. The Morgan fingerprint density at radius 3 is 2.32 bits per heavy atom. The maximum Gasteiger partial charge on any atom is 0.471 e. The van der Waals surface area contributed by atoms with Crippen molar-refractivity contribution in [2.45, 2.75) is 18.6 Å². The summed E-state index contributed by atoms with van der Waals surface area (Å²) in [6.07, 6.45) is -5.17. The Morgan fingerprint density at radius 1 is 1.32 bits per heavy atom. The predicted octanol–water partition coefficient (Wildman–Crippen LogP) is 1.25. The molecule has 0 saturated heterocycles. The van der Waals surface area contributed by atoms with Gasteiger partial charge in [0.05, 0.1) is 0 Å². The summed E-state index contributed by atoms with van der Waals surface area (Å²) in [5.74, 6) is -3.96. The Labute approximate surface area is 106 Å². The van der Waals surface area contributed by atoms with Crippen molar-refractivity contribution in [2.75, 3.05) is 5.73 Å². The van der Waals surface area contributed by atoms with Crippen molar-refractivity contribution in [1.29, 1.82) is 0 Å². The smallest absolute Gasteiger partial charge is 0.471 e. The lowest BCUT2D eigenvalue weighted by Gasteiger charge is -2.27. The number of nitrogen functional groups attached to an aromatic ring is 1. The topological polar surface area (TPSA) is 92.4 Å². The van der Waals surface area contributed by atoms with Crippen LogP contribution in [0.2, 0.25) is 0 Å². The first kappa shape index (κ1) is 14.8. The summed E-state index contributed by atoms with van der Waals surface area (Å²) < 4.78 is 36.6. The summed E-state index contributed by atoms with van der Waals surface area (Å²) in [6.45, 7) is 0.952. The van der Waals surface area contributed by atoms with E-state index in [4.69, 9.17) is 10.8 Å². The molecule has 4 N–H and O–H groups in total. The third-order valence-electron chi connectivity index (χ3n) is 2.51. The number of halogens is 3. The predicted molar refractivity (Wildman–Crippen MR) is 60.0 cm³/mol. The zero-order valence-corrected chi connectivity index (χ0v) is 9.78. The minimum Gasteiger partial charge on any atom is -0.479 e. The number of alkyl halides is 3. The number of carboxylic acids is 1. The SMILES string of the molecule is CC(NC(=O)C(F)(F)F)(C(=O)O)c1cccc(N)c1. The molecule has 0 heterocycles. The molecule has 104 valence electrons. The van der Waals surface area contributed by atoms with Gasteiger partial charge in [-0.25, -0.2) is 4.79 Å². The highest BCUT2D eigenvalue weighted by molar-refractivity contribution is 5.90. The van der Waals surface area contributed by atoms with Gasteiger partial charge in [0.25, 0.3) is 0 Å². The largest absolute Gasteiger partial charge is 0.479 e. The molecule has 0 saturated carbocycles. The maximum atomic E-state index is 12.2. The first-order chi connectivity index (χ1) is 8.57. The molecule has 0 aromatic heterocycles. The minimum atomic E-state index is -5.17. The zero-order chi connectivity index (χ0) is 14.8. The second-order valence-electron chi connectivity index (χ2n) is 4.01. The van der Waals surface area contributed by atoms with Crippen molar-refractivity contribution < 1.29 is 27.9 Å². The molecule has 19 heavy (non-hydrogen) atoms. The van der Waals surface area contributed by atoms with Crippen molar-refractivity contribution in [2.24, 2.45) is 0 Å². The van der Waals surface area contributed by atoms with Crippen LogP contribution >= 0.6 is 0 Å². The Kier molecular flexibility index (Phi) is 3.73. The summed E-state index contributed by atoms with van der Waals surface area (Å²) in [7, 11) is 0. The Hall–Kier alpha value is -2.25. The van der Waals surface area contributed by atoms with E-state index < -0.39 is 23.6 Å². The van der Waals surface area contributed by atoms with Gasteiger partial charge in [-0.2, -0.15) is 13.2 Å². The highest BCUT2D eigenvalue weighted by Crippen LogP contribution is 2.25. The molecule has 0 radical (unpaired) electrons. The first-order valence-electron chi connectivity index (χ1n) is 5.06. The summed E-state index contributed by atoms with van der Waals surface area (Å²) in [4.78, 5) is 22.1. The number of nitrogens with one attached hydrogen (secondary N) is 1. The van der Waals surface area contributed by atoms with Gasteiger partial charge in [0.2, 0.25) is 0 Å². The Balaban J connectivity index is 3.19. The normalized spacial score (nSPS) is 14.5. The van der Waals surface area contributed by atoms with Crippen LogP contribution in [0.15, 0.2) is 24.3 Å². The second-order valence-corrected chi connectivity index (χ2v) is 4.01. The lowest BCUT2D eigenvalue weighted by Crippen LogP contribution is -2.53. The van der Waals surface area contributed by atoms with E-state index in [1.54, 1.807) is 0 Å². The first-order valence-corrected chi connectivity index (χ1v) is 5.06. The number of rotatable bonds is 3. The summed E-state index contributed by atoms with van der Waals surface area (Å²) in [5.41, 5.74) is 3.34. The molecule has 5 nitrogen and oxygen atoms in total. The summed E-state index contributed by atoms with van der Waals surface area (Å²) in [6, 6.07) is 5.27. The summed E-state index contributed by atoms with van der Waals surface area (Å²) >= 11 is 0. The van der Waals surface area contributed by atoms with E-state index in [1.807, 2.05) is 0 Å². The van der Waals surface area contributed by atoms with Gasteiger partial charge in [-0.3, -0.25) is 4.79 Å². The number of hydrogen-bond acceptors (Lipinski definition) is 3. The van der Waals surface area contributed by atoms with E-state index in [0.29, 0.717) is 0 Å². The van der Waals surface area contributed by atoms with Gasteiger partial charge in [0.1, 0.15) is 0 Å². The van der Waals surface area contributed by atoms with E-state index in [0.717, 1.165) is 6.92 Å². The number of nitrogens with two attached hydrogens (primary N) is 1. The molecular formula is C11H11F3N2O3. The standard InChI is InChI=1S/C11H11F3N2O3/c1-10(9(18)19,16-8(17)11(12,13)14)6-3-2-4-7(15)5-6/h2-5H,15H2,1H3,(H,16,17)(H,18,19). The molecule has 8 heteroatoms. The molecule has 0 aliphatic heterocycles. The number of carboxylic acid groups (broad SMARTS) is 1. The van der Waals surface area contributed by atoms with Crippen LogP contribution in [-0.4, -0.2) is 23.2 Å². The van der Waals surface area contributed by atoms with Crippen molar-refractivity contribution in [3.63, 3.8) is 0 Å². The molecule has 1 aromatic carbocycles. The van der Waals surface area contributed by atoms with E-state index >= 15 is 0 Å². The van der Waals surface area contributed by atoms with Gasteiger partial charge < -0.3 is 16.2 Å². The average Bonchev–Trinajstić information content (AvgIpc) is 2.27. The number of anilines is 1. The monoisotopic (exact) mass is 276 g/mol. The quantitative estimate of drug-likeness (QED) is 0.724. The molecule has 1 rings (SSSR count). The number of carbonyl (C=O) groups excluding carboxylic acids is 1. The zero-order valence-electron chi connectivity index (χ0n) is 9.78. The number of amides is 1. The summed E-state index contributed by atoms with van der Waals surface area (Å²) in [5, 5.41) is 10.5. The molecule has 1 atom stereocenters. The van der Waals surface area contributed by atoms with Crippen LogP contribution in [0, 0.1) is 0 Å². The van der Waals surface area contributed by atoms with Gasteiger partial charge >= 0.3 is 18.1 Å². The van der Waals surface area contributed by atoms with Crippen molar-refractivity contribution in [3.05, 3.63) is 29.8 Å². The van der Waals surface area contributed by atoms with Crippen molar-refractivity contribution in [3.8, 4) is 0 Å². The van der Waals surface area contributed by atoms with E-state index in [9.17, 15) is 22.8 Å². The number of hydrogen-bond donors (Lipinski definition) is 3. The number of aliphatic carboxylic acids is 1. The fourth-order valence-corrected chi connectivity index (χ4v) is 1.40. The molecular weight excluding hydrogens is 265 g/mol. The molecule has 0 aliphatic carbocycles. The van der Waals surface area contributed by atoms with E-state index in [2.05, 4.69) is 0 Å².